The molecule has 19 rings (SSSR count). The Balaban J connectivity index is 0.000000117. The minimum absolute atomic E-state index is 0.0705. The maximum atomic E-state index is 13.6. The summed E-state index contributed by atoms with van der Waals surface area (Å²) < 4.78 is 36.6. The van der Waals surface area contributed by atoms with Crippen LogP contribution in [0.25, 0.3) is 134 Å². The minimum Gasteiger partial charge on any atom is -0.492 e. The van der Waals surface area contributed by atoms with Gasteiger partial charge in [-0.3, -0.25) is 50.4 Å². The lowest BCUT2D eigenvalue weighted by Crippen LogP contribution is -2.29. The topological polar surface area (TPSA) is 367 Å². The van der Waals surface area contributed by atoms with Crippen LogP contribution in [0.2, 0.25) is 0 Å². The van der Waals surface area contributed by atoms with Gasteiger partial charge in [0.15, 0.2) is 34.8 Å². The summed E-state index contributed by atoms with van der Waals surface area (Å²) in [5.41, 5.74) is 14.4. The molecular weight excluding hydrogens is 1480 g/mol. The minimum atomic E-state index is -0.275. The summed E-state index contributed by atoms with van der Waals surface area (Å²) in [6.07, 6.45) is 7.73. The molecule has 0 spiro atoms. The van der Waals surface area contributed by atoms with Crippen molar-refractivity contribution in [2.24, 2.45) is 23.7 Å². The number of carbonyl (C=O) groups excluding carboxylic acids is 2. The van der Waals surface area contributed by atoms with Gasteiger partial charge in [0.05, 0.1) is 35.2 Å². The van der Waals surface area contributed by atoms with E-state index < -0.39 is 0 Å². The average Bonchev–Trinajstić information content (AvgIpc) is 1.67. The number of rotatable bonds is 24. The molecule has 10 heterocycles. The number of hydrogen-bond acceptors (Lipinski definition) is 18. The van der Waals surface area contributed by atoms with Crippen molar-refractivity contribution >= 4 is 55.4 Å². The highest BCUT2D eigenvalue weighted by atomic mass is 19.1. The number of likely N-dealkylation sites (tertiary alicyclic amines) is 1. The smallest absolute Gasteiger partial charge is 0.222 e. The van der Waals surface area contributed by atoms with Gasteiger partial charge < -0.3 is 29.2 Å². The number of nitrogens with one attached hydrogen (secondary N) is 9. The highest BCUT2D eigenvalue weighted by Gasteiger charge is 2.25. The van der Waals surface area contributed by atoms with E-state index in [1.165, 1.54) is 31.9 Å². The van der Waals surface area contributed by atoms with Crippen molar-refractivity contribution in [1.82, 2.24) is 112 Å². The molecule has 8 aromatic heterocycles. The number of H-pyrrole nitrogens is 8. The molecule has 2 aliphatic heterocycles. The van der Waals surface area contributed by atoms with E-state index in [0.29, 0.717) is 87.0 Å². The maximum Gasteiger partial charge on any atom is 0.222 e. The molecule has 0 radical (unpaired) electrons. The largest absolute Gasteiger partial charge is 0.492 e. The van der Waals surface area contributed by atoms with E-state index in [4.69, 9.17) is 18.9 Å². The summed E-state index contributed by atoms with van der Waals surface area (Å²) in [6, 6.07) is 52.2. The third-order valence-electron chi connectivity index (χ3n) is 20.1. The van der Waals surface area contributed by atoms with Crippen LogP contribution in [0.4, 0.5) is 4.39 Å². The number of ether oxygens (including phenoxy) is 4. The van der Waals surface area contributed by atoms with Crippen molar-refractivity contribution in [2.75, 3.05) is 46.1 Å². The fourth-order valence-corrected chi connectivity index (χ4v) is 14.2. The van der Waals surface area contributed by atoms with E-state index in [9.17, 15) is 14.0 Å². The van der Waals surface area contributed by atoms with Crippen molar-refractivity contribution in [3.8, 4) is 114 Å². The van der Waals surface area contributed by atoms with Crippen LogP contribution in [-0.2, 0) is 35.3 Å². The van der Waals surface area contributed by atoms with Crippen molar-refractivity contribution in [3.05, 3.63) is 193 Å². The van der Waals surface area contributed by atoms with E-state index >= 15 is 0 Å². The monoisotopic (exact) mass is 1570 g/mol. The zero-order valence-corrected chi connectivity index (χ0v) is 66.1. The first kappa shape index (κ1) is 77.2. The molecule has 3 aliphatic rings. The summed E-state index contributed by atoms with van der Waals surface area (Å²) in [7, 11) is 0. The molecule has 2 fully saturated rings. The number of benzene rings is 8. The Hall–Kier alpha value is -13.7. The number of hydrogen-bond donors (Lipinski definition) is 9. The van der Waals surface area contributed by atoms with Crippen LogP contribution < -0.4 is 24.3 Å². The molecule has 8 aromatic carbocycles. The summed E-state index contributed by atoms with van der Waals surface area (Å²) in [6.45, 7) is 18.4. The fraction of sp³-hybridized carbons (Fsp3) is 0.295. The van der Waals surface area contributed by atoms with Crippen LogP contribution in [0.15, 0.2) is 164 Å². The molecule has 0 atom stereocenters. The van der Waals surface area contributed by atoms with E-state index in [1.807, 2.05) is 132 Å². The maximum absolute atomic E-state index is 13.6. The highest BCUT2D eigenvalue weighted by molar-refractivity contribution is 5.99. The number of fused-ring (bicyclic) bond motifs is 5. The van der Waals surface area contributed by atoms with Gasteiger partial charge in [-0.15, -0.1) is 0 Å². The second kappa shape index (κ2) is 34.9. The highest BCUT2D eigenvalue weighted by Crippen LogP contribution is 2.39. The Morgan fingerprint density at radius 1 is 0.462 bits per heavy atom. The summed E-state index contributed by atoms with van der Waals surface area (Å²) in [5, 5.41) is 66.6. The second-order valence-electron chi connectivity index (χ2n) is 30.8. The number of carbonyl (C=O) groups is 2. The van der Waals surface area contributed by atoms with Gasteiger partial charge >= 0.3 is 0 Å². The van der Waals surface area contributed by atoms with Crippen LogP contribution in [0, 0.1) is 29.5 Å². The Morgan fingerprint density at radius 3 is 1.28 bits per heavy atom. The van der Waals surface area contributed by atoms with Gasteiger partial charge in [0.25, 0.3) is 0 Å². The quantitative estimate of drug-likeness (QED) is 0.0254. The van der Waals surface area contributed by atoms with Crippen LogP contribution >= 0.6 is 0 Å². The van der Waals surface area contributed by atoms with Crippen molar-refractivity contribution in [3.63, 3.8) is 0 Å². The predicted octanol–water partition coefficient (Wildman–Crippen LogP) is 16.0. The van der Waals surface area contributed by atoms with Crippen molar-refractivity contribution < 1.29 is 32.9 Å². The standard InChI is InChI=1S/C25H28N6O2.C23H26N6O2.C21H21N5O2.C19H16FN5/c1-16(2)13-22-26-25(30-28-22)18-8-9-21-20(15-18)24(29-27-21)17-5-3-6-19(14-17)33-12-11-31-10-4-7-23(31)32;1-14(2)11-21-25-23(29-27-21)17-7-8-20-19(13-17)22(28-26-20)16-5-4-6-18(12-16)31-10-9-24-15(3)30;1-12(2)9-19-22-21(26-24-19)14-3-5-16-15(10-14)20(25-23-16)13-4-6-17-18(11-13)28-8-7-27-17;20-14-3-1-2-12(9-14)18-15-10-13(6-7-16(15)22-24-18)19-21-17(23-25-19)8-11-4-5-11/h3,5-6,8-9,14-16H,4,7,10-13H2,1-2H3,(H,27,29)(H,26,28,30);4-8,12-14H,9-11H2,1-3H3,(H,24,30)(H,26,28)(H,25,27,29);3-6,10-12H,7-9H2,1-2H3,(H,23,25)(H,22,24,26);1-3,6-7,9-11H,4-5,8H2,(H,22,24)(H,21,23,25). The van der Waals surface area contributed by atoms with Crippen molar-refractivity contribution in [2.45, 2.75) is 99.8 Å². The molecule has 1 saturated heterocycles. The Labute approximate surface area is 672 Å². The zero-order valence-electron chi connectivity index (χ0n) is 66.1. The summed E-state index contributed by atoms with van der Waals surface area (Å²) in [5.74, 6) is 11.6. The molecule has 596 valence electrons. The van der Waals surface area contributed by atoms with Crippen LogP contribution in [0.3, 0.4) is 0 Å². The summed E-state index contributed by atoms with van der Waals surface area (Å²) in [4.78, 5) is 43.2. The molecule has 28 nitrogen and oxygen atoms in total. The molecule has 29 heteroatoms. The van der Waals surface area contributed by atoms with Gasteiger partial charge in [0, 0.05) is 112 Å². The predicted molar refractivity (Wildman–Crippen MR) is 446 cm³/mol. The van der Waals surface area contributed by atoms with Gasteiger partial charge in [0.1, 0.15) is 89.8 Å². The van der Waals surface area contributed by atoms with Crippen LogP contribution in [-0.4, -0.2) is 164 Å². The second-order valence-corrected chi connectivity index (χ2v) is 30.8. The SMILES string of the molecule is CC(=O)NCCOc1cccc(-c2n[nH]c3ccc(-c4n[nH]c(CC(C)C)n4)cc23)c1.CC(C)Cc1nc(-c2ccc3[nH]nc(-c4ccc5c(c4)OCCO5)c3c2)n[nH]1.CC(C)Cc1nc(-c2ccc3[nH]nc(-c4cccc(OCCN5CCCC5=O)c4)c3c2)n[nH]1.Fc1cccc(-c2n[nH]c3ccc(-c4n[nH]c(CC5CC5)n4)cc23)c1. The fourth-order valence-electron chi connectivity index (χ4n) is 14.2. The van der Waals surface area contributed by atoms with E-state index in [1.54, 1.807) is 6.07 Å². The Kier molecular flexibility index (Phi) is 23.1. The van der Waals surface area contributed by atoms with Crippen LogP contribution in [0.1, 0.15) is 97.4 Å². The van der Waals surface area contributed by atoms with E-state index in [2.05, 4.69) is 167 Å². The van der Waals surface area contributed by atoms with Crippen LogP contribution in [0.5, 0.6) is 23.0 Å². The number of nitrogens with zero attached hydrogens (tertiary/aromatic N) is 13. The molecule has 2 amide bonds. The Bertz CT molecular complexity index is 6160. The molecular formula is C88H91FN22O6. The van der Waals surface area contributed by atoms with Gasteiger partial charge in [-0.05, 0) is 170 Å². The summed E-state index contributed by atoms with van der Waals surface area (Å²) >= 11 is 0. The number of halogens is 1. The van der Waals surface area contributed by atoms with Gasteiger partial charge in [-0.1, -0.05) is 77.9 Å². The average molecular weight is 1570 g/mol. The molecule has 9 N–H and O–H groups in total. The first-order valence-corrected chi connectivity index (χ1v) is 39.7. The van der Waals surface area contributed by atoms with Gasteiger partial charge in [0.2, 0.25) is 11.8 Å². The van der Waals surface area contributed by atoms with Gasteiger partial charge in [-0.2, -0.15) is 40.8 Å². The molecule has 1 aliphatic carbocycles. The first-order valence-electron chi connectivity index (χ1n) is 39.7. The molecule has 0 unspecified atom stereocenters. The lowest BCUT2D eigenvalue weighted by atomic mass is 10.0. The number of aromatic nitrogens is 20. The third-order valence-corrected chi connectivity index (χ3v) is 20.1. The van der Waals surface area contributed by atoms with Crippen molar-refractivity contribution in [1.29, 1.82) is 0 Å². The molecule has 117 heavy (non-hydrogen) atoms. The molecule has 0 bridgehead atoms. The number of aromatic amines is 8. The zero-order chi connectivity index (χ0) is 80.5. The normalized spacial score (nSPS) is 13.2. The first-order chi connectivity index (χ1) is 57.0. The lowest BCUT2D eigenvalue weighted by Gasteiger charge is -2.18. The Morgan fingerprint density at radius 2 is 0.863 bits per heavy atom. The third kappa shape index (κ3) is 18.7. The number of amides is 2. The lowest BCUT2D eigenvalue weighted by molar-refractivity contribution is -0.128. The van der Waals surface area contributed by atoms with Gasteiger partial charge in [-0.25, -0.2) is 24.3 Å². The molecule has 1 saturated carbocycles. The molecule has 16 aromatic rings. The van der Waals surface area contributed by atoms with E-state index in [0.717, 1.165) is 202 Å². The van der Waals surface area contributed by atoms with E-state index in [-0.39, 0.29) is 17.6 Å².